The third-order valence-electron chi connectivity index (χ3n) is 4.57. The average molecular weight is 331 g/mol. The summed E-state index contributed by atoms with van der Waals surface area (Å²) in [6.07, 6.45) is 3.39. The van der Waals surface area contributed by atoms with Gasteiger partial charge in [-0.3, -0.25) is 9.59 Å². The molecule has 2 aliphatic rings. The Bertz CT molecular complexity index is 599. The van der Waals surface area contributed by atoms with Gasteiger partial charge in [-0.1, -0.05) is 6.07 Å². The number of carbonyl (C=O) groups is 2. The second kappa shape index (κ2) is 7.77. The Hall–Kier alpha value is -1.92. The second-order valence-corrected chi connectivity index (χ2v) is 6.65. The number of benzene rings is 1. The number of hydrogen-bond donors (Lipinski definition) is 2. The number of nitrogens with zero attached hydrogens (tertiary/aromatic N) is 1. The third-order valence-corrected chi connectivity index (χ3v) is 4.57. The first-order valence-corrected chi connectivity index (χ1v) is 8.64. The van der Waals surface area contributed by atoms with Gasteiger partial charge in [0.25, 0.3) is 11.8 Å². The van der Waals surface area contributed by atoms with Crippen LogP contribution in [-0.2, 0) is 9.53 Å². The Balaban J connectivity index is 1.59. The molecule has 2 fully saturated rings. The first-order chi connectivity index (χ1) is 11.6. The van der Waals surface area contributed by atoms with Gasteiger partial charge in [-0.05, 0) is 57.5 Å². The van der Waals surface area contributed by atoms with Gasteiger partial charge in [-0.15, -0.1) is 0 Å². The van der Waals surface area contributed by atoms with Crippen LogP contribution in [-0.4, -0.2) is 55.6 Å². The van der Waals surface area contributed by atoms with Crippen LogP contribution in [0.5, 0.6) is 0 Å². The largest absolute Gasteiger partial charge is 0.368 e. The van der Waals surface area contributed by atoms with Gasteiger partial charge in [0.15, 0.2) is 0 Å². The molecule has 6 nitrogen and oxygen atoms in total. The van der Waals surface area contributed by atoms with E-state index in [-0.39, 0.29) is 24.0 Å². The maximum absolute atomic E-state index is 12.4. The standard InChI is InChI=1S/C18H25N3O3/c1-21-9-3-7-15(12-21)20-17(22)13-5-2-6-14(11-13)19-18(23)16-8-4-10-24-16/h2,5-6,11,15-16H,3-4,7-10,12H2,1H3,(H,19,23)(H,20,22)/t15-,16-/m0/s1. The predicted molar refractivity (Wildman–Crippen MR) is 92.0 cm³/mol. The Labute approximate surface area is 142 Å². The molecule has 0 saturated carbocycles. The number of anilines is 1. The number of nitrogens with one attached hydrogen (secondary N) is 2. The third kappa shape index (κ3) is 4.33. The molecule has 2 N–H and O–H groups in total. The Morgan fingerprint density at radius 1 is 1.25 bits per heavy atom. The van der Waals surface area contributed by atoms with Gasteiger partial charge in [0.05, 0.1) is 0 Å². The molecular weight excluding hydrogens is 306 g/mol. The first kappa shape index (κ1) is 16.9. The van der Waals surface area contributed by atoms with Crippen LogP contribution in [0.3, 0.4) is 0 Å². The van der Waals surface area contributed by atoms with Crippen LogP contribution in [0.25, 0.3) is 0 Å². The summed E-state index contributed by atoms with van der Waals surface area (Å²) in [6, 6.07) is 7.24. The van der Waals surface area contributed by atoms with Gasteiger partial charge in [0, 0.05) is 30.4 Å². The summed E-state index contributed by atoms with van der Waals surface area (Å²) in [5, 5.41) is 5.92. The van der Waals surface area contributed by atoms with E-state index in [0.29, 0.717) is 17.9 Å². The van der Waals surface area contributed by atoms with E-state index in [2.05, 4.69) is 22.6 Å². The zero-order valence-electron chi connectivity index (χ0n) is 14.1. The average Bonchev–Trinajstić information content (AvgIpc) is 3.10. The van der Waals surface area contributed by atoms with E-state index in [1.165, 1.54) is 0 Å². The molecule has 24 heavy (non-hydrogen) atoms. The molecule has 6 heteroatoms. The van der Waals surface area contributed by atoms with E-state index in [1.807, 2.05) is 0 Å². The van der Waals surface area contributed by atoms with Crippen molar-refractivity contribution in [2.45, 2.75) is 37.8 Å². The highest BCUT2D eigenvalue weighted by molar-refractivity contribution is 5.98. The molecule has 0 bridgehead atoms. The summed E-state index contributed by atoms with van der Waals surface area (Å²) in [7, 11) is 2.07. The molecule has 0 radical (unpaired) electrons. The molecule has 3 rings (SSSR count). The van der Waals surface area contributed by atoms with Crippen LogP contribution in [0.2, 0.25) is 0 Å². The van der Waals surface area contributed by atoms with E-state index in [0.717, 1.165) is 38.8 Å². The van der Waals surface area contributed by atoms with E-state index in [1.54, 1.807) is 24.3 Å². The Morgan fingerprint density at radius 2 is 2.12 bits per heavy atom. The topological polar surface area (TPSA) is 70.7 Å². The Kier molecular flexibility index (Phi) is 5.48. The molecule has 1 aromatic carbocycles. The highest BCUT2D eigenvalue weighted by Gasteiger charge is 2.24. The van der Waals surface area contributed by atoms with E-state index < -0.39 is 0 Å². The summed E-state index contributed by atoms with van der Waals surface area (Å²) in [6.45, 7) is 2.59. The maximum atomic E-state index is 12.4. The quantitative estimate of drug-likeness (QED) is 0.880. The fourth-order valence-corrected chi connectivity index (χ4v) is 3.30. The number of likely N-dealkylation sites (tertiary alicyclic amines) is 1. The lowest BCUT2D eigenvalue weighted by atomic mass is 10.1. The number of carbonyl (C=O) groups excluding carboxylic acids is 2. The minimum atomic E-state index is -0.375. The van der Waals surface area contributed by atoms with Gasteiger partial charge in [-0.25, -0.2) is 0 Å². The van der Waals surface area contributed by atoms with Crippen molar-refractivity contribution in [3.8, 4) is 0 Å². The number of ether oxygens (including phenoxy) is 1. The van der Waals surface area contributed by atoms with Crippen LogP contribution < -0.4 is 10.6 Å². The molecule has 2 amide bonds. The molecule has 2 heterocycles. The first-order valence-electron chi connectivity index (χ1n) is 8.64. The second-order valence-electron chi connectivity index (χ2n) is 6.65. The summed E-state index contributed by atoms with van der Waals surface area (Å²) in [5.74, 6) is -0.234. The van der Waals surface area contributed by atoms with E-state index in [9.17, 15) is 9.59 Å². The zero-order chi connectivity index (χ0) is 16.9. The van der Waals surface area contributed by atoms with Gasteiger partial charge in [0.2, 0.25) is 0 Å². The number of likely N-dealkylation sites (N-methyl/N-ethyl adjacent to an activating group) is 1. The van der Waals surface area contributed by atoms with Crippen molar-refractivity contribution in [1.29, 1.82) is 0 Å². The molecular formula is C18H25N3O3. The lowest BCUT2D eigenvalue weighted by molar-refractivity contribution is -0.124. The monoisotopic (exact) mass is 331 g/mol. The van der Waals surface area contributed by atoms with Crippen molar-refractivity contribution in [3.63, 3.8) is 0 Å². The van der Waals surface area contributed by atoms with E-state index in [4.69, 9.17) is 4.74 Å². The molecule has 0 spiro atoms. The van der Waals surface area contributed by atoms with Crippen LogP contribution in [0.4, 0.5) is 5.69 Å². The minimum absolute atomic E-state index is 0.0940. The molecule has 0 aromatic heterocycles. The fraction of sp³-hybridized carbons (Fsp3) is 0.556. The van der Waals surface area contributed by atoms with Crippen molar-refractivity contribution in [2.24, 2.45) is 0 Å². The zero-order valence-corrected chi connectivity index (χ0v) is 14.1. The highest BCUT2D eigenvalue weighted by Crippen LogP contribution is 2.17. The van der Waals surface area contributed by atoms with Crippen LogP contribution in [0, 0.1) is 0 Å². The maximum Gasteiger partial charge on any atom is 0.253 e. The normalized spacial score (nSPS) is 24.5. The summed E-state index contributed by atoms with van der Waals surface area (Å²) < 4.78 is 5.38. The van der Waals surface area contributed by atoms with Gasteiger partial charge in [-0.2, -0.15) is 0 Å². The van der Waals surface area contributed by atoms with E-state index >= 15 is 0 Å². The molecule has 2 saturated heterocycles. The fourth-order valence-electron chi connectivity index (χ4n) is 3.30. The molecule has 2 atom stereocenters. The molecule has 1 aromatic rings. The molecule has 130 valence electrons. The van der Waals surface area contributed by atoms with Gasteiger partial charge >= 0.3 is 0 Å². The lowest BCUT2D eigenvalue weighted by Crippen LogP contribution is -2.46. The van der Waals surface area contributed by atoms with Gasteiger partial charge in [0.1, 0.15) is 6.10 Å². The van der Waals surface area contributed by atoms with Crippen LogP contribution >= 0.6 is 0 Å². The van der Waals surface area contributed by atoms with Crippen LogP contribution in [0.15, 0.2) is 24.3 Å². The summed E-state index contributed by atoms with van der Waals surface area (Å²) in [5.41, 5.74) is 1.19. The summed E-state index contributed by atoms with van der Waals surface area (Å²) in [4.78, 5) is 26.8. The van der Waals surface area contributed by atoms with Crippen LogP contribution in [0.1, 0.15) is 36.0 Å². The van der Waals surface area contributed by atoms with Gasteiger partial charge < -0.3 is 20.3 Å². The highest BCUT2D eigenvalue weighted by atomic mass is 16.5. The molecule has 0 aliphatic carbocycles. The molecule has 2 aliphatic heterocycles. The predicted octanol–water partition coefficient (Wildman–Crippen LogP) is 1.63. The number of hydrogen-bond acceptors (Lipinski definition) is 4. The van der Waals surface area contributed by atoms with Crippen molar-refractivity contribution in [2.75, 3.05) is 32.1 Å². The number of piperidine rings is 1. The summed E-state index contributed by atoms with van der Waals surface area (Å²) >= 11 is 0. The SMILES string of the molecule is CN1CCC[C@H](NC(=O)c2cccc(NC(=O)[C@@H]3CCCO3)c2)C1. The van der Waals surface area contributed by atoms with Crippen molar-refractivity contribution < 1.29 is 14.3 Å². The van der Waals surface area contributed by atoms with Crippen molar-refractivity contribution >= 4 is 17.5 Å². The molecule has 0 unspecified atom stereocenters. The number of rotatable bonds is 4. The van der Waals surface area contributed by atoms with Crippen molar-refractivity contribution in [3.05, 3.63) is 29.8 Å². The smallest absolute Gasteiger partial charge is 0.253 e. The Morgan fingerprint density at radius 3 is 2.88 bits per heavy atom. The lowest BCUT2D eigenvalue weighted by Gasteiger charge is -2.30. The number of amides is 2. The van der Waals surface area contributed by atoms with Crippen molar-refractivity contribution in [1.82, 2.24) is 10.2 Å². The minimum Gasteiger partial charge on any atom is -0.368 e.